The van der Waals surface area contributed by atoms with Gasteiger partial charge in [0.05, 0.1) is 6.10 Å². The van der Waals surface area contributed by atoms with Crippen LogP contribution in [0.25, 0.3) is 0 Å². The Morgan fingerprint density at radius 1 is 1.36 bits per heavy atom. The molecule has 14 heavy (non-hydrogen) atoms. The van der Waals surface area contributed by atoms with Gasteiger partial charge in [0.1, 0.15) is 0 Å². The van der Waals surface area contributed by atoms with Gasteiger partial charge in [-0.1, -0.05) is 26.8 Å². The van der Waals surface area contributed by atoms with Crippen molar-refractivity contribution in [2.24, 2.45) is 0 Å². The van der Waals surface area contributed by atoms with Gasteiger partial charge in [-0.25, -0.2) is 0 Å². The Bertz CT molecular complexity index is 271. The predicted molar refractivity (Wildman–Crippen MR) is 60.3 cm³/mol. The number of pyridine rings is 1. The van der Waals surface area contributed by atoms with Crippen LogP contribution in [0.5, 0.6) is 0 Å². The van der Waals surface area contributed by atoms with E-state index in [-0.39, 0.29) is 6.10 Å². The van der Waals surface area contributed by atoms with Gasteiger partial charge in [0.2, 0.25) is 0 Å². The zero-order valence-electron chi connectivity index (χ0n) is 9.83. The Hall–Kier alpha value is -0.890. The molecular weight excluding hydrogens is 174 g/mol. The lowest BCUT2D eigenvalue weighted by Crippen LogP contribution is -2.00. The van der Waals surface area contributed by atoms with E-state index in [4.69, 9.17) is 0 Å². The largest absolute Gasteiger partial charge is 0.388 e. The van der Waals surface area contributed by atoms with Crippen molar-refractivity contribution in [2.75, 3.05) is 0 Å². The molecular formula is C12H21NO. The SMILES string of the molecule is CC.CCC(O)c1cc(C)cnc1C. The van der Waals surface area contributed by atoms with E-state index in [0.29, 0.717) is 0 Å². The van der Waals surface area contributed by atoms with Crippen LogP contribution >= 0.6 is 0 Å². The second kappa shape index (κ2) is 6.55. The number of rotatable bonds is 2. The summed E-state index contributed by atoms with van der Waals surface area (Å²) < 4.78 is 0. The summed E-state index contributed by atoms with van der Waals surface area (Å²) in [6.45, 7) is 9.87. The Balaban J connectivity index is 0.000000791. The van der Waals surface area contributed by atoms with Crippen LogP contribution in [-0.2, 0) is 0 Å². The lowest BCUT2D eigenvalue weighted by atomic mass is 10.0. The van der Waals surface area contributed by atoms with Crippen molar-refractivity contribution in [1.29, 1.82) is 0 Å². The first-order chi connectivity index (χ1) is 6.65. The number of aromatic nitrogens is 1. The number of aryl methyl sites for hydroxylation is 2. The third kappa shape index (κ3) is 3.46. The number of nitrogens with zero attached hydrogens (tertiary/aromatic N) is 1. The molecule has 0 aliphatic carbocycles. The summed E-state index contributed by atoms with van der Waals surface area (Å²) in [4.78, 5) is 4.19. The zero-order valence-corrected chi connectivity index (χ0v) is 9.83. The fraction of sp³-hybridized carbons (Fsp3) is 0.583. The average Bonchev–Trinajstić information content (AvgIpc) is 2.23. The molecule has 0 aliphatic rings. The third-order valence-corrected chi connectivity index (χ3v) is 2.01. The summed E-state index contributed by atoms with van der Waals surface area (Å²) in [7, 11) is 0. The van der Waals surface area contributed by atoms with E-state index in [1.165, 1.54) is 0 Å². The van der Waals surface area contributed by atoms with Gasteiger partial charge in [0.25, 0.3) is 0 Å². The van der Waals surface area contributed by atoms with Crippen molar-refractivity contribution < 1.29 is 5.11 Å². The van der Waals surface area contributed by atoms with Crippen LogP contribution in [0.15, 0.2) is 12.3 Å². The minimum Gasteiger partial charge on any atom is -0.388 e. The van der Waals surface area contributed by atoms with Crippen molar-refractivity contribution in [2.45, 2.75) is 47.1 Å². The summed E-state index contributed by atoms with van der Waals surface area (Å²) in [6.07, 6.45) is 2.20. The Morgan fingerprint density at radius 2 is 1.93 bits per heavy atom. The van der Waals surface area contributed by atoms with Gasteiger partial charge in [-0.05, 0) is 25.8 Å². The van der Waals surface area contributed by atoms with Crippen molar-refractivity contribution in [1.82, 2.24) is 4.98 Å². The van der Waals surface area contributed by atoms with Crippen LogP contribution in [0.2, 0.25) is 0 Å². The van der Waals surface area contributed by atoms with Gasteiger partial charge in [0, 0.05) is 17.5 Å². The number of aliphatic hydroxyl groups is 1. The number of hydrogen-bond donors (Lipinski definition) is 1. The van der Waals surface area contributed by atoms with Gasteiger partial charge >= 0.3 is 0 Å². The summed E-state index contributed by atoms with van der Waals surface area (Å²) in [5.74, 6) is 0. The normalized spacial score (nSPS) is 11.6. The van der Waals surface area contributed by atoms with E-state index in [9.17, 15) is 5.11 Å². The van der Waals surface area contributed by atoms with Gasteiger partial charge in [0.15, 0.2) is 0 Å². The molecule has 0 spiro atoms. The highest BCUT2D eigenvalue weighted by molar-refractivity contribution is 5.25. The predicted octanol–water partition coefficient (Wildman–Crippen LogP) is 3.17. The van der Waals surface area contributed by atoms with Gasteiger partial charge in [-0.15, -0.1) is 0 Å². The first-order valence-corrected chi connectivity index (χ1v) is 5.26. The highest BCUT2D eigenvalue weighted by atomic mass is 16.3. The second-order valence-electron chi connectivity index (χ2n) is 3.11. The molecule has 0 saturated heterocycles. The van der Waals surface area contributed by atoms with Crippen LogP contribution in [0, 0.1) is 13.8 Å². The molecule has 1 N–H and O–H groups in total. The average molecular weight is 195 g/mol. The molecule has 1 aromatic heterocycles. The molecule has 2 heteroatoms. The van der Waals surface area contributed by atoms with Crippen LogP contribution in [-0.4, -0.2) is 10.1 Å². The molecule has 0 amide bonds. The highest BCUT2D eigenvalue weighted by Crippen LogP contribution is 2.19. The van der Waals surface area contributed by atoms with Crippen LogP contribution in [0.3, 0.4) is 0 Å². The van der Waals surface area contributed by atoms with Crippen molar-refractivity contribution in [3.63, 3.8) is 0 Å². The van der Waals surface area contributed by atoms with Gasteiger partial charge < -0.3 is 5.11 Å². The molecule has 0 aliphatic heterocycles. The molecule has 80 valence electrons. The summed E-state index contributed by atoms with van der Waals surface area (Å²) >= 11 is 0. The minimum absolute atomic E-state index is 0.364. The fourth-order valence-corrected chi connectivity index (χ4v) is 1.22. The summed E-state index contributed by atoms with van der Waals surface area (Å²) in [5, 5.41) is 9.59. The van der Waals surface area contributed by atoms with E-state index in [1.807, 2.05) is 46.9 Å². The monoisotopic (exact) mass is 195 g/mol. The molecule has 1 aromatic rings. The van der Waals surface area contributed by atoms with E-state index in [0.717, 1.165) is 23.2 Å². The molecule has 0 radical (unpaired) electrons. The Kier molecular flexibility index (Phi) is 6.13. The quantitative estimate of drug-likeness (QED) is 0.786. The van der Waals surface area contributed by atoms with Crippen LogP contribution in [0.4, 0.5) is 0 Å². The standard InChI is InChI=1S/C10H15NO.C2H6/c1-4-10(12)9-5-7(2)6-11-8(9)3;1-2/h5-6,10,12H,4H2,1-3H3;1-2H3. The highest BCUT2D eigenvalue weighted by Gasteiger charge is 2.08. The van der Waals surface area contributed by atoms with Crippen molar-refractivity contribution in [3.05, 3.63) is 29.1 Å². The Morgan fingerprint density at radius 3 is 2.43 bits per heavy atom. The van der Waals surface area contributed by atoms with E-state index >= 15 is 0 Å². The topological polar surface area (TPSA) is 33.1 Å². The zero-order chi connectivity index (χ0) is 11.1. The fourth-order valence-electron chi connectivity index (χ4n) is 1.22. The molecule has 0 aromatic carbocycles. The molecule has 1 heterocycles. The molecule has 0 saturated carbocycles. The third-order valence-electron chi connectivity index (χ3n) is 2.01. The van der Waals surface area contributed by atoms with Gasteiger partial charge in [-0.2, -0.15) is 0 Å². The minimum atomic E-state index is -0.364. The number of hydrogen-bond acceptors (Lipinski definition) is 2. The molecule has 1 unspecified atom stereocenters. The van der Waals surface area contributed by atoms with Crippen molar-refractivity contribution in [3.8, 4) is 0 Å². The van der Waals surface area contributed by atoms with E-state index in [2.05, 4.69) is 4.98 Å². The van der Waals surface area contributed by atoms with Crippen molar-refractivity contribution >= 4 is 0 Å². The molecule has 2 nitrogen and oxygen atoms in total. The second-order valence-corrected chi connectivity index (χ2v) is 3.11. The smallest absolute Gasteiger partial charge is 0.0805 e. The first-order valence-electron chi connectivity index (χ1n) is 5.26. The number of aliphatic hydroxyl groups excluding tert-OH is 1. The molecule has 0 bridgehead atoms. The maximum atomic E-state index is 9.59. The maximum Gasteiger partial charge on any atom is 0.0805 e. The summed E-state index contributed by atoms with van der Waals surface area (Å²) in [6, 6.07) is 2.00. The Labute approximate surface area is 87.0 Å². The summed E-state index contributed by atoms with van der Waals surface area (Å²) in [5.41, 5.74) is 2.98. The molecule has 1 rings (SSSR count). The lowest BCUT2D eigenvalue weighted by molar-refractivity contribution is 0.172. The molecule has 1 atom stereocenters. The van der Waals surface area contributed by atoms with E-state index in [1.54, 1.807) is 0 Å². The van der Waals surface area contributed by atoms with Gasteiger partial charge in [-0.3, -0.25) is 4.98 Å². The van der Waals surface area contributed by atoms with Crippen LogP contribution < -0.4 is 0 Å². The lowest BCUT2D eigenvalue weighted by Gasteiger charge is -2.10. The van der Waals surface area contributed by atoms with E-state index < -0.39 is 0 Å². The van der Waals surface area contributed by atoms with Crippen LogP contribution in [0.1, 0.15) is 50.1 Å². The first kappa shape index (κ1) is 13.1. The maximum absolute atomic E-state index is 9.59. The molecule has 0 fully saturated rings.